The first-order valence-corrected chi connectivity index (χ1v) is 8.28. The fourth-order valence-electron chi connectivity index (χ4n) is 2.39. The summed E-state index contributed by atoms with van der Waals surface area (Å²) >= 11 is 0. The molecule has 1 aliphatic carbocycles. The minimum atomic E-state index is -3.15. The van der Waals surface area contributed by atoms with Crippen molar-refractivity contribution in [3.05, 3.63) is 53.3 Å². The van der Waals surface area contributed by atoms with Gasteiger partial charge < -0.3 is 11.1 Å². The van der Waals surface area contributed by atoms with Gasteiger partial charge >= 0.3 is 0 Å². The van der Waals surface area contributed by atoms with Crippen LogP contribution in [-0.4, -0.2) is 11.5 Å². The third-order valence-corrected chi connectivity index (χ3v) is 4.17. The number of nitrogens with zero attached hydrogens (tertiary/aromatic N) is 1. The van der Waals surface area contributed by atoms with Crippen LogP contribution in [0.15, 0.2) is 36.7 Å². The Kier molecular flexibility index (Phi) is 4.69. The Hall–Kier alpha value is -2.18. The van der Waals surface area contributed by atoms with E-state index in [1.54, 1.807) is 45.9 Å². The third kappa shape index (κ3) is 4.01. The van der Waals surface area contributed by atoms with E-state index in [4.69, 9.17) is 5.73 Å². The van der Waals surface area contributed by atoms with Gasteiger partial charge in [0.15, 0.2) is 0 Å². The molecular weight excluding hydrogens is 327 g/mol. The molecule has 124 valence electrons. The van der Waals surface area contributed by atoms with Crippen molar-refractivity contribution in [2.75, 3.05) is 17.6 Å². The Morgan fingerprint density at radius 2 is 1.92 bits per heavy atom. The van der Waals surface area contributed by atoms with Crippen LogP contribution in [0.5, 0.6) is 0 Å². The van der Waals surface area contributed by atoms with Crippen LogP contribution in [0.3, 0.4) is 0 Å². The van der Waals surface area contributed by atoms with E-state index in [0.717, 1.165) is 6.54 Å². The Labute approximate surface area is 142 Å². The van der Waals surface area contributed by atoms with E-state index in [0.29, 0.717) is 17.2 Å². The number of alkyl halides is 2. The maximum absolute atomic E-state index is 14.1. The van der Waals surface area contributed by atoms with Gasteiger partial charge in [-0.3, -0.25) is 4.98 Å². The summed E-state index contributed by atoms with van der Waals surface area (Å²) in [6, 6.07) is 6.75. The molecule has 1 aromatic carbocycles. The van der Waals surface area contributed by atoms with E-state index in [1.165, 1.54) is 12.8 Å². The van der Waals surface area contributed by atoms with Crippen molar-refractivity contribution in [1.82, 2.24) is 4.98 Å². The molecule has 1 unspecified atom stereocenters. The summed E-state index contributed by atoms with van der Waals surface area (Å²) in [5, 5.41) is 3.16. The largest absolute Gasteiger partial charge is 0.397 e. The number of benzene rings is 1. The lowest BCUT2D eigenvalue weighted by Gasteiger charge is -2.19. The number of halogens is 2. The molecule has 6 heteroatoms. The summed E-state index contributed by atoms with van der Waals surface area (Å²) in [5.41, 5.74) is 4.13. The van der Waals surface area contributed by atoms with Crippen LogP contribution in [0.2, 0.25) is 0 Å². The number of aromatic nitrogens is 1. The Morgan fingerprint density at radius 1 is 1.21 bits per heavy atom. The molecule has 0 bridgehead atoms. The Bertz CT molecular complexity index is 788. The molecule has 0 aliphatic heterocycles. The number of pyridine rings is 1. The van der Waals surface area contributed by atoms with Crippen molar-refractivity contribution < 1.29 is 8.78 Å². The van der Waals surface area contributed by atoms with Crippen molar-refractivity contribution in [3.63, 3.8) is 0 Å². The molecule has 1 heterocycles. The Morgan fingerprint density at radius 3 is 2.54 bits per heavy atom. The van der Waals surface area contributed by atoms with Crippen LogP contribution in [0.1, 0.15) is 29.5 Å². The summed E-state index contributed by atoms with van der Waals surface area (Å²) in [4.78, 5) is 3.90. The zero-order valence-corrected chi connectivity index (χ0v) is 14.2. The number of nitrogen functional groups attached to an aromatic ring is 1. The van der Waals surface area contributed by atoms with E-state index >= 15 is 0 Å². The van der Waals surface area contributed by atoms with Crippen LogP contribution in [0, 0.1) is 17.8 Å². The van der Waals surface area contributed by atoms with Gasteiger partial charge in [0.25, 0.3) is 5.66 Å². The molecule has 1 saturated carbocycles. The number of hydrogen-bond acceptors (Lipinski definition) is 3. The zero-order valence-electron chi connectivity index (χ0n) is 13.0. The molecule has 1 atom stereocenters. The van der Waals surface area contributed by atoms with E-state index in [2.05, 4.69) is 22.1 Å². The summed E-state index contributed by atoms with van der Waals surface area (Å²) in [6.45, 7) is 0.758. The lowest BCUT2D eigenvalue weighted by atomic mass is 10.0. The predicted octanol–water partition coefficient (Wildman–Crippen LogP) is 3.81. The summed E-state index contributed by atoms with van der Waals surface area (Å²) in [6.07, 6.45) is 5.56. The van der Waals surface area contributed by atoms with Gasteiger partial charge in [0, 0.05) is 30.1 Å². The van der Waals surface area contributed by atoms with Crippen LogP contribution < -0.4 is 11.1 Å². The van der Waals surface area contributed by atoms with Crippen molar-refractivity contribution >= 4 is 20.6 Å². The van der Waals surface area contributed by atoms with Gasteiger partial charge in [0.05, 0.1) is 16.9 Å². The maximum Gasteiger partial charge on any atom is 0.287 e. The van der Waals surface area contributed by atoms with Gasteiger partial charge in [0.2, 0.25) is 0 Å². The molecule has 3 nitrogen and oxygen atoms in total. The van der Waals surface area contributed by atoms with E-state index in [-0.39, 0.29) is 16.8 Å². The fourth-order valence-corrected chi connectivity index (χ4v) is 2.70. The quantitative estimate of drug-likeness (QED) is 0.503. The second kappa shape index (κ2) is 6.75. The smallest absolute Gasteiger partial charge is 0.287 e. The molecule has 0 amide bonds. The van der Waals surface area contributed by atoms with Gasteiger partial charge in [-0.1, -0.05) is 21.1 Å². The standard InChI is InChI=1S/C18H18F2N3P/c19-18(20,24)16-14(4-3-12-7-9-22-10-8-12)5-6-15(17(16)21)23-11-13-1-2-13/h5-10,13,23H,1-2,11,21,24H2. The predicted molar refractivity (Wildman–Crippen MR) is 95.9 cm³/mol. The normalized spacial score (nSPS) is 14.0. The topological polar surface area (TPSA) is 50.9 Å². The van der Waals surface area contributed by atoms with E-state index < -0.39 is 5.66 Å². The van der Waals surface area contributed by atoms with Crippen molar-refractivity contribution in [3.8, 4) is 11.8 Å². The van der Waals surface area contributed by atoms with Gasteiger partial charge in [-0.2, -0.15) is 8.78 Å². The molecule has 1 fully saturated rings. The van der Waals surface area contributed by atoms with Crippen molar-refractivity contribution in [1.29, 1.82) is 0 Å². The minimum absolute atomic E-state index is 0.0529. The highest BCUT2D eigenvalue weighted by atomic mass is 31.0. The highest BCUT2D eigenvalue weighted by molar-refractivity contribution is 7.17. The number of nitrogens with two attached hydrogens (primary N) is 1. The summed E-state index contributed by atoms with van der Waals surface area (Å²) in [5.74, 6) is 6.30. The van der Waals surface area contributed by atoms with Crippen LogP contribution in [0.25, 0.3) is 0 Å². The average Bonchev–Trinajstić information content (AvgIpc) is 3.36. The average molecular weight is 345 g/mol. The van der Waals surface area contributed by atoms with Gasteiger partial charge in [-0.15, -0.1) is 0 Å². The number of rotatable bonds is 4. The second-order valence-electron chi connectivity index (χ2n) is 5.88. The molecule has 0 spiro atoms. The molecular formula is C18H18F2N3P. The Balaban J connectivity index is 1.96. The lowest BCUT2D eigenvalue weighted by molar-refractivity contribution is 0.104. The van der Waals surface area contributed by atoms with Gasteiger partial charge in [-0.25, -0.2) is 0 Å². The van der Waals surface area contributed by atoms with Gasteiger partial charge in [-0.05, 0) is 43.0 Å². The molecule has 0 radical (unpaired) electrons. The molecule has 1 aliphatic rings. The maximum atomic E-state index is 14.1. The monoisotopic (exact) mass is 345 g/mol. The highest BCUT2D eigenvalue weighted by Gasteiger charge is 2.31. The lowest BCUT2D eigenvalue weighted by Crippen LogP contribution is -2.13. The van der Waals surface area contributed by atoms with Crippen LogP contribution in [-0.2, 0) is 5.66 Å². The molecule has 1 aromatic heterocycles. The molecule has 2 aromatic rings. The summed E-state index contributed by atoms with van der Waals surface area (Å²) in [7, 11) is 1.55. The van der Waals surface area contributed by atoms with Crippen LogP contribution >= 0.6 is 9.24 Å². The second-order valence-corrected chi connectivity index (χ2v) is 6.61. The third-order valence-electron chi connectivity index (χ3n) is 3.88. The first kappa shape index (κ1) is 16.7. The van der Waals surface area contributed by atoms with Crippen molar-refractivity contribution in [2.45, 2.75) is 18.5 Å². The first-order chi connectivity index (χ1) is 11.4. The summed E-state index contributed by atoms with van der Waals surface area (Å²) < 4.78 is 28.1. The molecule has 24 heavy (non-hydrogen) atoms. The zero-order chi connectivity index (χ0) is 17.2. The van der Waals surface area contributed by atoms with Gasteiger partial charge in [0.1, 0.15) is 0 Å². The van der Waals surface area contributed by atoms with E-state index in [1.807, 2.05) is 0 Å². The number of hydrogen-bond donors (Lipinski definition) is 2. The first-order valence-electron chi connectivity index (χ1n) is 7.70. The number of anilines is 2. The molecule has 0 saturated heterocycles. The SMILES string of the molecule is Nc1c(NCC2CC2)ccc(C#Cc2ccncc2)c1C(F)(F)P. The minimum Gasteiger partial charge on any atom is -0.397 e. The molecule has 3 N–H and O–H groups in total. The van der Waals surface area contributed by atoms with Crippen LogP contribution in [0.4, 0.5) is 20.2 Å². The highest BCUT2D eigenvalue weighted by Crippen LogP contribution is 2.43. The molecule has 3 rings (SSSR count). The fraction of sp³-hybridized carbons (Fsp3) is 0.278. The van der Waals surface area contributed by atoms with E-state index in [9.17, 15) is 8.78 Å². The number of nitrogens with one attached hydrogen (secondary N) is 1. The van der Waals surface area contributed by atoms with Crippen molar-refractivity contribution in [2.24, 2.45) is 5.92 Å².